The van der Waals surface area contributed by atoms with Crippen LogP contribution in [0.5, 0.6) is 5.75 Å². The van der Waals surface area contributed by atoms with E-state index in [4.69, 9.17) is 4.74 Å². The first-order chi connectivity index (χ1) is 13.1. The van der Waals surface area contributed by atoms with Gasteiger partial charge in [0.25, 0.3) is 5.91 Å². The molecule has 1 amide bonds. The molecule has 0 fully saturated rings. The van der Waals surface area contributed by atoms with Crippen LogP contribution in [-0.2, 0) is 4.79 Å². The van der Waals surface area contributed by atoms with Crippen molar-refractivity contribution in [3.63, 3.8) is 0 Å². The molecule has 0 spiro atoms. The first kappa shape index (κ1) is 18.5. The Bertz CT molecular complexity index is 922. The standard InChI is InChI=1S/C20H16N2O4S/c23-18(15-5-2-1-3-6-15)19(24)22-21-13-14-8-10-16(11-9-14)26-20(25)17-7-4-12-27-17/h1-13,18,23H,(H,22,24)/b21-13+. The van der Waals surface area contributed by atoms with Gasteiger partial charge in [0.2, 0.25) is 0 Å². The van der Waals surface area contributed by atoms with Crippen LogP contribution < -0.4 is 10.2 Å². The molecule has 7 heteroatoms. The molecule has 27 heavy (non-hydrogen) atoms. The lowest BCUT2D eigenvalue weighted by atomic mass is 10.1. The van der Waals surface area contributed by atoms with E-state index in [0.717, 1.165) is 0 Å². The van der Waals surface area contributed by atoms with Gasteiger partial charge >= 0.3 is 5.97 Å². The summed E-state index contributed by atoms with van der Waals surface area (Å²) in [4.78, 5) is 24.3. The maximum Gasteiger partial charge on any atom is 0.353 e. The molecule has 3 aromatic rings. The van der Waals surface area contributed by atoms with Crippen LogP contribution in [0.15, 0.2) is 77.2 Å². The van der Waals surface area contributed by atoms with Crippen LogP contribution in [-0.4, -0.2) is 23.2 Å². The van der Waals surface area contributed by atoms with Crippen molar-refractivity contribution < 1.29 is 19.4 Å². The van der Waals surface area contributed by atoms with Crippen molar-refractivity contribution >= 4 is 29.4 Å². The van der Waals surface area contributed by atoms with Crippen molar-refractivity contribution in [3.05, 3.63) is 88.1 Å². The van der Waals surface area contributed by atoms with Crippen LogP contribution in [0.4, 0.5) is 0 Å². The predicted molar refractivity (Wildman–Crippen MR) is 103 cm³/mol. The topological polar surface area (TPSA) is 88.0 Å². The number of hydrogen-bond donors (Lipinski definition) is 2. The molecule has 3 rings (SSSR count). The van der Waals surface area contributed by atoms with Crippen molar-refractivity contribution in [2.75, 3.05) is 0 Å². The highest BCUT2D eigenvalue weighted by Crippen LogP contribution is 2.16. The summed E-state index contributed by atoms with van der Waals surface area (Å²) in [6.07, 6.45) is 0.142. The van der Waals surface area contributed by atoms with Crippen LogP contribution in [0.25, 0.3) is 0 Å². The highest BCUT2D eigenvalue weighted by atomic mass is 32.1. The Hall–Kier alpha value is -3.29. The number of amides is 1. The monoisotopic (exact) mass is 380 g/mol. The van der Waals surface area contributed by atoms with E-state index < -0.39 is 18.0 Å². The smallest absolute Gasteiger partial charge is 0.353 e. The Balaban J connectivity index is 1.53. The second-order valence-electron chi connectivity index (χ2n) is 5.48. The third-order valence-corrected chi connectivity index (χ3v) is 4.41. The molecule has 0 radical (unpaired) electrons. The van der Waals surface area contributed by atoms with Gasteiger partial charge in [-0.15, -0.1) is 11.3 Å². The largest absolute Gasteiger partial charge is 0.422 e. The summed E-state index contributed by atoms with van der Waals surface area (Å²) in [6, 6.07) is 18.7. The number of carbonyl (C=O) groups excluding carboxylic acids is 2. The lowest BCUT2D eigenvalue weighted by Crippen LogP contribution is -2.25. The maximum atomic E-state index is 11.9. The maximum absolute atomic E-state index is 11.9. The summed E-state index contributed by atoms with van der Waals surface area (Å²) >= 11 is 1.31. The van der Waals surface area contributed by atoms with Gasteiger partial charge < -0.3 is 9.84 Å². The molecule has 0 aliphatic rings. The van der Waals surface area contributed by atoms with Gasteiger partial charge in [-0.2, -0.15) is 5.10 Å². The zero-order valence-electron chi connectivity index (χ0n) is 14.1. The van der Waals surface area contributed by atoms with Gasteiger partial charge in [0, 0.05) is 0 Å². The second kappa shape index (κ2) is 8.88. The Labute approximate surface area is 159 Å². The number of thiophene rings is 1. The second-order valence-corrected chi connectivity index (χ2v) is 6.43. The highest BCUT2D eigenvalue weighted by molar-refractivity contribution is 7.12. The summed E-state index contributed by atoms with van der Waals surface area (Å²) in [6.45, 7) is 0. The van der Waals surface area contributed by atoms with Crippen LogP contribution in [0.1, 0.15) is 26.9 Å². The Morgan fingerprint density at radius 3 is 2.44 bits per heavy atom. The molecule has 0 bridgehead atoms. The number of carbonyl (C=O) groups is 2. The summed E-state index contributed by atoms with van der Waals surface area (Å²) < 4.78 is 5.26. The fourth-order valence-corrected chi connectivity index (χ4v) is 2.79. The van der Waals surface area contributed by atoms with Crippen LogP contribution in [0.2, 0.25) is 0 Å². The summed E-state index contributed by atoms with van der Waals surface area (Å²) in [5, 5.41) is 15.6. The number of rotatable bonds is 6. The number of nitrogens with one attached hydrogen (secondary N) is 1. The molecule has 136 valence electrons. The molecule has 6 nitrogen and oxygen atoms in total. The van der Waals surface area contributed by atoms with Crippen LogP contribution in [0.3, 0.4) is 0 Å². The van der Waals surface area contributed by atoms with E-state index in [1.165, 1.54) is 17.6 Å². The Kier molecular flexibility index (Phi) is 6.09. The average Bonchev–Trinajstić information content (AvgIpc) is 3.24. The minimum Gasteiger partial charge on any atom is -0.422 e. The molecule has 2 N–H and O–H groups in total. The Morgan fingerprint density at radius 1 is 1.04 bits per heavy atom. The van der Waals surface area contributed by atoms with Crippen molar-refractivity contribution in [1.29, 1.82) is 0 Å². The van der Waals surface area contributed by atoms with Crippen molar-refractivity contribution in [3.8, 4) is 5.75 Å². The predicted octanol–water partition coefficient (Wildman–Crippen LogP) is 3.15. The van der Waals surface area contributed by atoms with Crippen molar-refractivity contribution in [2.45, 2.75) is 6.10 Å². The van der Waals surface area contributed by atoms with E-state index in [1.54, 1.807) is 72.1 Å². The summed E-state index contributed by atoms with van der Waals surface area (Å²) in [5.74, 6) is -0.624. The first-order valence-electron chi connectivity index (χ1n) is 8.05. The molecule has 0 aliphatic heterocycles. The highest BCUT2D eigenvalue weighted by Gasteiger charge is 2.15. The van der Waals surface area contributed by atoms with E-state index in [2.05, 4.69) is 10.5 Å². The molecule has 0 saturated heterocycles. The van der Waals surface area contributed by atoms with Gasteiger partial charge in [-0.25, -0.2) is 10.2 Å². The van der Waals surface area contributed by atoms with Gasteiger partial charge in [-0.05, 0) is 46.8 Å². The van der Waals surface area contributed by atoms with Crippen LogP contribution >= 0.6 is 11.3 Å². The molecule has 1 atom stereocenters. The quantitative estimate of drug-likeness (QED) is 0.298. The number of nitrogens with zero attached hydrogens (tertiary/aromatic N) is 1. The number of aliphatic hydroxyl groups excluding tert-OH is 1. The number of hydrazone groups is 1. The lowest BCUT2D eigenvalue weighted by molar-refractivity contribution is -0.129. The van der Waals surface area contributed by atoms with Gasteiger partial charge in [0.1, 0.15) is 10.6 Å². The molecular formula is C20H16N2O4S. The van der Waals surface area contributed by atoms with E-state index in [-0.39, 0.29) is 0 Å². The Morgan fingerprint density at radius 2 is 1.78 bits per heavy atom. The summed E-state index contributed by atoms with van der Waals surface area (Å²) in [7, 11) is 0. The number of aliphatic hydroxyl groups is 1. The SMILES string of the molecule is O=C(Oc1ccc(/C=N/NC(=O)C(O)c2ccccc2)cc1)c1cccs1. The summed E-state index contributed by atoms with van der Waals surface area (Å²) in [5.41, 5.74) is 3.47. The third kappa shape index (κ3) is 5.10. The van der Waals surface area contributed by atoms with Crippen molar-refractivity contribution in [2.24, 2.45) is 5.10 Å². The van der Waals surface area contributed by atoms with E-state index >= 15 is 0 Å². The lowest BCUT2D eigenvalue weighted by Gasteiger charge is -2.08. The van der Waals surface area contributed by atoms with Gasteiger partial charge in [0.15, 0.2) is 6.10 Å². The van der Waals surface area contributed by atoms with E-state index in [1.807, 2.05) is 0 Å². The molecule has 0 aliphatic carbocycles. The van der Waals surface area contributed by atoms with Crippen molar-refractivity contribution in [1.82, 2.24) is 5.43 Å². The van der Waals surface area contributed by atoms with Gasteiger partial charge in [0.05, 0.1) is 6.21 Å². The minimum absolute atomic E-state index is 0.409. The fraction of sp³-hybridized carbons (Fsp3) is 0.0500. The first-order valence-corrected chi connectivity index (χ1v) is 8.93. The number of hydrogen-bond acceptors (Lipinski definition) is 6. The minimum atomic E-state index is -1.29. The fourth-order valence-electron chi connectivity index (χ4n) is 2.19. The number of benzene rings is 2. The number of ether oxygens (including phenoxy) is 1. The average molecular weight is 380 g/mol. The molecule has 1 heterocycles. The third-order valence-electron chi connectivity index (χ3n) is 3.57. The van der Waals surface area contributed by atoms with E-state index in [9.17, 15) is 14.7 Å². The normalized spacial score (nSPS) is 11.9. The van der Waals surface area contributed by atoms with Gasteiger partial charge in [-0.1, -0.05) is 36.4 Å². The molecular weight excluding hydrogens is 364 g/mol. The molecule has 1 aromatic heterocycles. The van der Waals surface area contributed by atoms with Gasteiger partial charge in [-0.3, -0.25) is 4.79 Å². The van der Waals surface area contributed by atoms with E-state index in [0.29, 0.717) is 21.8 Å². The molecule has 0 saturated carbocycles. The van der Waals surface area contributed by atoms with Crippen LogP contribution in [0, 0.1) is 0 Å². The number of esters is 1. The zero-order valence-corrected chi connectivity index (χ0v) is 14.9. The molecule has 1 unspecified atom stereocenters. The zero-order chi connectivity index (χ0) is 19.1. The molecule has 2 aromatic carbocycles.